The van der Waals surface area contributed by atoms with Gasteiger partial charge in [-0.2, -0.15) is 5.26 Å². The van der Waals surface area contributed by atoms with Gasteiger partial charge >= 0.3 is 0 Å². The number of benzene rings is 1. The van der Waals surface area contributed by atoms with Crippen molar-refractivity contribution in [2.45, 2.75) is 32.7 Å². The van der Waals surface area contributed by atoms with E-state index in [9.17, 15) is 0 Å². The number of nitriles is 1. The highest BCUT2D eigenvalue weighted by Gasteiger charge is 2.24. The topological polar surface area (TPSA) is 49.8 Å². The van der Waals surface area contributed by atoms with Crippen molar-refractivity contribution in [2.75, 3.05) is 0 Å². The molecule has 2 nitrogen and oxygen atoms in total. The van der Waals surface area contributed by atoms with Gasteiger partial charge < -0.3 is 5.73 Å². The van der Waals surface area contributed by atoms with E-state index in [0.717, 1.165) is 29.6 Å². The van der Waals surface area contributed by atoms with Crippen LogP contribution >= 0.6 is 0 Å². The highest BCUT2D eigenvalue weighted by molar-refractivity contribution is 5.79. The molecule has 82 valence electrons. The fraction of sp³-hybridized carbons (Fsp3) is 0.357. The zero-order valence-electron chi connectivity index (χ0n) is 9.75. The monoisotopic (exact) mass is 212 g/mol. The summed E-state index contributed by atoms with van der Waals surface area (Å²) in [6.45, 7) is 4.14. The number of aryl methyl sites for hydroxylation is 2. The SMILES string of the molecule is Cc1ccc(C)c(C2=C(C#N)CCC2N)c1. The van der Waals surface area contributed by atoms with Crippen LogP contribution in [0.5, 0.6) is 0 Å². The smallest absolute Gasteiger partial charge is 0.0950 e. The Morgan fingerprint density at radius 2 is 2.12 bits per heavy atom. The predicted octanol–water partition coefficient (Wildman–Crippen LogP) is 2.70. The van der Waals surface area contributed by atoms with Crippen molar-refractivity contribution in [2.24, 2.45) is 5.73 Å². The summed E-state index contributed by atoms with van der Waals surface area (Å²) < 4.78 is 0. The molecule has 0 spiro atoms. The molecule has 0 radical (unpaired) electrons. The highest BCUT2D eigenvalue weighted by Crippen LogP contribution is 2.34. The fourth-order valence-electron chi connectivity index (χ4n) is 2.31. The van der Waals surface area contributed by atoms with Gasteiger partial charge in [0.05, 0.1) is 6.07 Å². The molecule has 1 aliphatic rings. The van der Waals surface area contributed by atoms with Gasteiger partial charge in [0.15, 0.2) is 0 Å². The molecule has 0 aromatic heterocycles. The van der Waals surface area contributed by atoms with E-state index in [2.05, 4.69) is 38.1 Å². The van der Waals surface area contributed by atoms with Crippen LogP contribution in [0, 0.1) is 25.2 Å². The third kappa shape index (κ3) is 1.75. The standard InChI is InChI=1S/C14H16N2/c1-9-3-4-10(2)12(7-9)14-11(8-15)5-6-13(14)16/h3-4,7,13H,5-6,16H2,1-2H3. The van der Waals surface area contributed by atoms with Gasteiger partial charge in [0.25, 0.3) is 0 Å². The van der Waals surface area contributed by atoms with Gasteiger partial charge in [-0.25, -0.2) is 0 Å². The number of allylic oxidation sites excluding steroid dienone is 1. The first-order valence-corrected chi connectivity index (χ1v) is 5.60. The average molecular weight is 212 g/mol. The number of hydrogen-bond acceptors (Lipinski definition) is 2. The van der Waals surface area contributed by atoms with E-state index in [1.54, 1.807) is 0 Å². The molecule has 0 fully saturated rings. The van der Waals surface area contributed by atoms with Crippen molar-refractivity contribution in [1.82, 2.24) is 0 Å². The molecule has 1 aromatic rings. The van der Waals surface area contributed by atoms with Crippen LogP contribution in [-0.2, 0) is 0 Å². The summed E-state index contributed by atoms with van der Waals surface area (Å²) in [5.74, 6) is 0. The summed E-state index contributed by atoms with van der Waals surface area (Å²) in [6.07, 6.45) is 1.71. The van der Waals surface area contributed by atoms with Crippen LogP contribution in [-0.4, -0.2) is 6.04 Å². The summed E-state index contributed by atoms with van der Waals surface area (Å²) in [6, 6.07) is 8.63. The van der Waals surface area contributed by atoms with Crippen molar-refractivity contribution in [3.05, 3.63) is 40.5 Å². The van der Waals surface area contributed by atoms with Crippen LogP contribution in [0.2, 0.25) is 0 Å². The molecule has 0 aliphatic heterocycles. The Balaban J connectivity index is 2.59. The summed E-state index contributed by atoms with van der Waals surface area (Å²) in [5.41, 5.74) is 11.6. The molecule has 1 aliphatic carbocycles. The van der Waals surface area contributed by atoms with Gasteiger partial charge in [0, 0.05) is 11.6 Å². The van der Waals surface area contributed by atoms with Crippen LogP contribution in [0.15, 0.2) is 23.8 Å². The Labute approximate surface area is 96.4 Å². The van der Waals surface area contributed by atoms with Crippen molar-refractivity contribution in [3.63, 3.8) is 0 Å². The third-order valence-corrected chi connectivity index (χ3v) is 3.22. The summed E-state index contributed by atoms with van der Waals surface area (Å²) in [7, 11) is 0. The van der Waals surface area contributed by atoms with Crippen molar-refractivity contribution in [1.29, 1.82) is 5.26 Å². The molecule has 2 N–H and O–H groups in total. The first kappa shape index (κ1) is 10.9. The van der Waals surface area contributed by atoms with Gasteiger partial charge in [-0.3, -0.25) is 0 Å². The fourth-order valence-corrected chi connectivity index (χ4v) is 2.31. The molecule has 0 bridgehead atoms. The summed E-state index contributed by atoms with van der Waals surface area (Å²) >= 11 is 0. The zero-order valence-corrected chi connectivity index (χ0v) is 9.75. The lowest BCUT2D eigenvalue weighted by Crippen LogP contribution is -2.18. The molecule has 2 rings (SSSR count). The van der Waals surface area contributed by atoms with E-state index in [1.807, 2.05) is 0 Å². The molecule has 16 heavy (non-hydrogen) atoms. The van der Waals surface area contributed by atoms with Gasteiger partial charge in [-0.05, 0) is 43.4 Å². The van der Waals surface area contributed by atoms with E-state index >= 15 is 0 Å². The Morgan fingerprint density at radius 1 is 1.38 bits per heavy atom. The van der Waals surface area contributed by atoms with Crippen LogP contribution in [0.4, 0.5) is 0 Å². The molecular formula is C14H16N2. The van der Waals surface area contributed by atoms with Gasteiger partial charge in [-0.1, -0.05) is 23.8 Å². The molecule has 2 heteroatoms. The largest absolute Gasteiger partial charge is 0.324 e. The van der Waals surface area contributed by atoms with Crippen molar-refractivity contribution in [3.8, 4) is 6.07 Å². The highest BCUT2D eigenvalue weighted by atomic mass is 14.7. The second-order valence-electron chi connectivity index (χ2n) is 4.47. The lowest BCUT2D eigenvalue weighted by Gasteiger charge is -2.13. The Hall–Kier alpha value is -1.59. The Morgan fingerprint density at radius 3 is 2.81 bits per heavy atom. The van der Waals surface area contributed by atoms with Gasteiger partial charge in [0.2, 0.25) is 0 Å². The maximum atomic E-state index is 9.11. The van der Waals surface area contributed by atoms with Gasteiger partial charge in [0.1, 0.15) is 0 Å². The molecular weight excluding hydrogens is 196 g/mol. The minimum Gasteiger partial charge on any atom is -0.324 e. The first-order valence-electron chi connectivity index (χ1n) is 5.60. The number of nitrogens with two attached hydrogens (primary N) is 1. The third-order valence-electron chi connectivity index (χ3n) is 3.22. The van der Waals surface area contributed by atoms with E-state index in [1.165, 1.54) is 11.1 Å². The van der Waals surface area contributed by atoms with Crippen LogP contribution in [0.1, 0.15) is 29.5 Å². The zero-order chi connectivity index (χ0) is 11.7. The normalized spacial score (nSPS) is 20.0. The van der Waals surface area contributed by atoms with Crippen LogP contribution in [0.25, 0.3) is 5.57 Å². The van der Waals surface area contributed by atoms with E-state index in [4.69, 9.17) is 11.0 Å². The molecule has 1 aromatic carbocycles. The summed E-state index contributed by atoms with van der Waals surface area (Å²) in [4.78, 5) is 0. The maximum absolute atomic E-state index is 9.11. The first-order chi connectivity index (χ1) is 7.63. The lowest BCUT2D eigenvalue weighted by molar-refractivity contribution is 0.786. The second-order valence-corrected chi connectivity index (χ2v) is 4.47. The lowest BCUT2D eigenvalue weighted by atomic mass is 9.94. The van der Waals surface area contributed by atoms with Crippen molar-refractivity contribution >= 4 is 5.57 Å². The Bertz CT molecular complexity index is 492. The van der Waals surface area contributed by atoms with Crippen LogP contribution < -0.4 is 5.73 Å². The van der Waals surface area contributed by atoms with Gasteiger partial charge in [-0.15, -0.1) is 0 Å². The molecule has 0 saturated heterocycles. The second kappa shape index (κ2) is 4.11. The van der Waals surface area contributed by atoms with Crippen LogP contribution in [0.3, 0.4) is 0 Å². The molecule has 0 amide bonds. The molecule has 0 heterocycles. The maximum Gasteiger partial charge on any atom is 0.0950 e. The number of rotatable bonds is 1. The Kier molecular flexibility index (Phi) is 2.80. The summed E-state index contributed by atoms with van der Waals surface area (Å²) in [5, 5.41) is 9.11. The average Bonchev–Trinajstić information content (AvgIpc) is 2.63. The molecule has 0 saturated carbocycles. The number of hydrogen-bond donors (Lipinski definition) is 1. The minimum absolute atomic E-state index is 0.0233. The van der Waals surface area contributed by atoms with E-state index < -0.39 is 0 Å². The van der Waals surface area contributed by atoms with E-state index in [0.29, 0.717) is 0 Å². The minimum atomic E-state index is 0.0233. The predicted molar refractivity (Wildman–Crippen MR) is 65.7 cm³/mol. The molecule has 1 unspecified atom stereocenters. The van der Waals surface area contributed by atoms with E-state index in [-0.39, 0.29) is 6.04 Å². The molecule has 1 atom stereocenters. The van der Waals surface area contributed by atoms with Crippen molar-refractivity contribution < 1.29 is 0 Å². The number of nitrogens with zero attached hydrogens (tertiary/aromatic N) is 1. The quantitative estimate of drug-likeness (QED) is 0.778.